The van der Waals surface area contributed by atoms with Gasteiger partial charge in [-0.2, -0.15) is 0 Å². The summed E-state index contributed by atoms with van der Waals surface area (Å²) in [6.07, 6.45) is 2.60. The van der Waals surface area contributed by atoms with Crippen LogP contribution in [0.5, 0.6) is 0 Å². The monoisotopic (exact) mass is 282 g/mol. The maximum atomic E-state index is 11.3. The lowest BCUT2D eigenvalue weighted by molar-refractivity contribution is 0.0606. The number of hydrogen-bond donors (Lipinski definition) is 1. The number of nitrogens with one attached hydrogen (secondary N) is 1. The second kappa shape index (κ2) is 5.97. The highest BCUT2D eigenvalue weighted by molar-refractivity contribution is 7.17. The Kier molecular flexibility index (Phi) is 4.33. The molecule has 0 saturated heterocycles. The molecule has 2 aromatic heterocycles. The number of hydrogen-bond acceptors (Lipinski definition) is 6. The molecule has 2 rings (SSSR count). The van der Waals surface area contributed by atoms with E-state index in [1.807, 2.05) is 0 Å². The number of carbonyl (C=O) groups is 1. The fraction of sp³-hybridized carbons (Fsp3) is 0.333. The third kappa shape index (κ3) is 3.08. The third-order valence-corrected chi connectivity index (χ3v) is 4.54. The van der Waals surface area contributed by atoms with Gasteiger partial charge in [-0.1, -0.05) is 18.3 Å². The molecule has 0 aliphatic rings. The van der Waals surface area contributed by atoms with E-state index in [0.29, 0.717) is 4.88 Å². The highest BCUT2D eigenvalue weighted by Crippen LogP contribution is 2.22. The number of aryl methyl sites for hydroxylation is 1. The van der Waals surface area contributed by atoms with Crippen LogP contribution in [-0.4, -0.2) is 18.1 Å². The van der Waals surface area contributed by atoms with Gasteiger partial charge >= 0.3 is 5.97 Å². The van der Waals surface area contributed by atoms with Gasteiger partial charge < -0.3 is 10.1 Å². The molecule has 0 bridgehead atoms. The molecule has 0 aliphatic heterocycles. The van der Waals surface area contributed by atoms with E-state index in [4.69, 9.17) is 0 Å². The van der Waals surface area contributed by atoms with Crippen LogP contribution >= 0.6 is 22.7 Å². The van der Waals surface area contributed by atoms with Gasteiger partial charge in [0.15, 0.2) is 5.13 Å². The summed E-state index contributed by atoms with van der Waals surface area (Å²) in [5, 5.41) is 3.95. The smallest absolute Gasteiger partial charge is 0.349 e. The molecule has 0 radical (unpaired) electrons. The van der Waals surface area contributed by atoms with Crippen molar-refractivity contribution in [1.82, 2.24) is 4.98 Å². The number of anilines is 1. The zero-order chi connectivity index (χ0) is 13.0. The van der Waals surface area contributed by atoms with Gasteiger partial charge in [0, 0.05) is 9.75 Å². The van der Waals surface area contributed by atoms with Gasteiger partial charge in [-0.3, -0.25) is 0 Å². The Bertz CT molecular complexity index is 534. The molecule has 96 valence electrons. The molecule has 2 heterocycles. The van der Waals surface area contributed by atoms with Crippen molar-refractivity contribution in [2.75, 3.05) is 12.4 Å². The zero-order valence-corrected chi connectivity index (χ0v) is 11.9. The third-order valence-electron chi connectivity index (χ3n) is 2.37. The van der Waals surface area contributed by atoms with E-state index >= 15 is 0 Å². The predicted octanol–water partition coefficient (Wildman–Crippen LogP) is 3.17. The van der Waals surface area contributed by atoms with Crippen molar-refractivity contribution in [2.24, 2.45) is 0 Å². The quantitative estimate of drug-likeness (QED) is 0.856. The SMILES string of the molecule is CCc1ccc(CNc2ncc(C(=O)OC)s2)s1. The van der Waals surface area contributed by atoms with Crippen molar-refractivity contribution in [3.05, 3.63) is 33.0 Å². The first-order chi connectivity index (χ1) is 8.72. The standard InChI is InChI=1S/C12H14N2O2S2/c1-3-8-4-5-9(17-8)6-13-12-14-7-10(18-12)11(15)16-2/h4-5,7H,3,6H2,1-2H3,(H,13,14). The van der Waals surface area contributed by atoms with Gasteiger partial charge in [0.2, 0.25) is 0 Å². The Morgan fingerprint density at radius 2 is 2.17 bits per heavy atom. The summed E-state index contributed by atoms with van der Waals surface area (Å²) in [4.78, 5) is 18.6. The fourth-order valence-electron chi connectivity index (χ4n) is 1.42. The van der Waals surface area contributed by atoms with E-state index in [-0.39, 0.29) is 5.97 Å². The lowest BCUT2D eigenvalue weighted by atomic mass is 10.4. The second-order valence-corrected chi connectivity index (χ2v) is 5.88. The normalized spacial score (nSPS) is 10.3. The number of thiophene rings is 1. The Labute approximate surface area is 114 Å². The maximum Gasteiger partial charge on any atom is 0.349 e. The molecule has 0 unspecified atom stereocenters. The van der Waals surface area contributed by atoms with Crippen LogP contribution in [0.3, 0.4) is 0 Å². The van der Waals surface area contributed by atoms with Gasteiger partial charge in [0.25, 0.3) is 0 Å². The number of thiazole rings is 1. The molecule has 6 heteroatoms. The topological polar surface area (TPSA) is 51.2 Å². The highest BCUT2D eigenvalue weighted by atomic mass is 32.1. The molecule has 18 heavy (non-hydrogen) atoms. The van der Waals surface area contributed by atoms with Crippen LogP contribution in [0.15, 0.2) is 18.3 Å². The Morgan fingerprint density at radius 1 is 1.39 bits per heavy atom. The van der Waals surface area contributed by atoms with E-state index in [1.54, 1.807) is 11.3 Å². The first-order valence-corrected chi connectivity index (χ1v) is 7.21. The van der Waals surface area contributed by atoms with Crippen molar-refractivity contribution in [3.8, 4) is 0 Å². The molecule has 1 N–H and O–H groups in total. The van der Waals surface area contributed by atoms with Crippen molar-refractivity contribution in [2.45, 2.75) is 19.9 Å². The zero-order valence-electron chi connectivity index (χ0n) is 10.2. The molecule has 0 atom stereocenters. The highest BCUT2D eigenvalue weighted by Gasteiger charge is 2.10. The van der Waals surface area contributed by atoms with Crippen molar-refractivity contribution in [3.63, 3.8) is 0 Å². The van der Waals surface area contributed by atoms with Crippen LogP contribution in [0.4, 0.5) is 5.13 Å². The molecule has 0 aliphatic carbocycles. The van der Waals surface area contributed by atoms with Crippen LogP contribution in [0.25, 0.3) is 0 Å². The summed E-state index contributed by atoms with van der Waals surface area (Å²) in [6, 6.07) is 4.26. The van der Waals surface area contributed by atoms with E-state index < -0.39 is 0 Å². The molecular formula is C12H14N2O2S2. The van der Waals surface area contributed by atoms with Gasteiger partial charge in [-0.25, -0.2) is 9.78 Å². The van der Waals surface area contributed by atoms with Gasteiger partial charge in [0.05, 0.1) is 19.9 Å². The summed E-state index contributed by atoms with van der Waals surface area (Å²) < 4.78 is 4.64. The number of carbonyl (C=O) groups excluding carboxylic acids is 1. The number of methoxy groups -OCH3 is 1. The minimum atomic E-state index is -0.343. The summed E-state index contributed by atoms with van der Waals surface area (Å²) in [7, 11) is 1.37. The van der Waals surface area contributed by atoms with E-state index in [1.165, 1.54) is 34.4 Å². The van der Waals surface area contributed by atoms with Crippen molar-refractivity contribution >= 4 is 33.8 Å². The minimum absolute atomic E-state index is 0.343. The average Bonchev–Trinajstić information content (AvgIpc) is 3.04. The van der Waals surface area contributed by atoms with Gasteiger partial charge in [-0.15, -0.1) is 11.3 Å². The Balaban J connectivity index is 1.93. The van der Waals surface area contributed by atoms with E-state index in [0.717, 1.165) is 18.1 Å². The summed E-state index contributed by atoms with van der Waals surface area (Å²) in [5.74, 6) is -0.343. The van der Waals surface area contributed by atoms with Gasteiger partial charge in [-0.05, 0) is 18.6 Å². The molecule has 0 spiro atoms. The largest absolute Gasteiger partial charge is 0.465 e. The maximum absolute atomic E-state index is 11.3. The molecule has 0 aromatic carbocycles. The van der Waals surface area contributed by atoms with Crippen molar-refractivity contribution < 1.29 is 9.53 Å². The number of aromatic nitrogens is 1. The van der Waals surface area contributed by atoms with Crippen LogP contribution in [0.1, 0.15) is 26.3 Å². The first kappa shape index (κ1) is 13.0. The van der Waals surface area contributed by atoms with Gasteiger partial charge in [0.1, 0.15) is 4.88 Å². The second-order valence-electron chi connectivity index (χ2n) is 3.60. The van der Waals surface area contributed by atoms with Crippen LogP contribution < -0.4 is 5.32 Å². The number of ether oxygens (including phenoxy) is 1. The minimum Gasteiger partial charge on any atom is -0.465 e. The average molecular weight is 282 g/mol. The molecule has 4 nitrogen and oxygen atoms in total. The Morgan fingerprint density at radius 3 is 2.83 bits per heavy atom. The lowest BCUT2D eigenvalue weighted by Gasteiger charge is -1.98. The summed E-state index contributed by atoms with van der Waals surface area (Å²) in [5.41, 5.74) is 0. The molecular weight excluding hydrogens is 268 g/mol. The molecule has 0 fully saturated rings. The number of rotatable bonds is 5. The van der Waals surface area contributed by atoms with Crippen LogP contribution in [0, 0.1) is 0 Å². The van der Waals surface area contributed by atoms with Crippen molar-refractivity contribution in [1.29, 1.82) is 0 Å². The first-order valence-electron chi connectivity index (χ1n) is 5.58. The van der Waals surface area contributed by atoms with E-state index in [9.17, 15) is 4.79 Å². The molecule has 0 amide bonds. The van der Waals surface area contributed by atoms with Crippen LogP contribution in [-0.2, 0) is 17.7 Å². The van der Waals surface area contributed by atoms with Crippen LogP contribution in [0.2, 0.25) is 0 Å². The Hall–Kier alpha value is -1.40. The molecule has 2 aromatic rings. The lowest BCUT2D eigenvalue weighted by Crippen LogP contribution is -1.97. The molecule has 0 saturated carbocycles. The summed E-state index contributed by atoms with van der Waals surface area (Å²) >= 11 is 3.10. The number of nitrogens with zero attached hydrogens (tertiary/aromatic N) is 1. The summed E-state index contributed by atoms with van der Waals surface area (Å²) in [6.45, 7) is 2.88. The number of esters is 1. The van der Waals surface area contributed by atoms with E-state index in [2.05, 4.69) is 34.1 Å². The predicted molar refractivity (Wildman–Crippen MR) is 74.5 cm³/mol. The fourth-order valence-corrected chi connectivity index (χ4v) is 3.05.